The van der Waals surface area contributed by atoms with Gasteiger partial charge in [0.15, 0.2) is 0 Å². The lowest BCUT2D eigenvalue weighted by Gasteiger charge is -2.44. The van der Waals surface area contributed by atoms with E-state index in [4.69, 9.17) is 24.8 Å². The van der Waals surface area contributed by atoms with Crippen molar-refractivity contribution in [2.75, 3.05) is 0 Å². The summed E-state index contributed by atoms with van der Waals surface area (Å²) in [6.07, 6.45) is 15.5. The van der Waals surface area contributed by atoms with Gasteiger partial charge in [-0.05, 0) is 101 Å². The second-order valence-corrected chi connectivity index (χ2v) is 13.4. The summed E-state index contributed by atoms with van der Waals surface area (Å²) in [6, 6.07) is 31.2. The Morgan fingerprint density at radius 2 is 1.40 bits per heavy atom. The van der Waals surface area contributed by atoms with Crippen molar-refractivity contribution >= 4 is 72.7 Å². The smallest absolute Gasteiger partial charge is 0.0411 e. The maximum atomic E-state index is 6.50. The van der Waals surface area contributed by atoms with Gasteiger partial charge in [0, 0.05) is 30.4 Å². The number of rotatable bonds is 11. The van der Waals surface area contributed by atoms with E-state index in [2.05, 4.69) is 143 Å². The van der Waals surface area contributed by atoms with E-state index in [1.807, 2.05) is 49.4 Å². The molecule has 0 nitrogen and oxygen atoms in total. The molecule has 0 bridgehead atoms. The Labute approximate surface area is 290 Å². The maximum absolute atomic E-state index is 6.50. The summed E-state index contributed by atoms with van der Waals surface area (Å²) in [6.45, 7) is 14.8. The number of allylic oxidation sites excluding steroid dienone is 6. The molecule has 0 fully saturated rings. The van der Waals surface area contributed by atoms with Crippen molar-refractivity contribution in [3.05, 3.63) is 156 Å². The molecule has 0 aliphatic rings. The van der Waals surface area contributed by atoms with Crippen LogP contribution in [0, 0.1) is 5.41 Å². The Kier molecular flexibility index (Phi) is 11.8. The zero-order valence-electron chi connectivity index (χ0n) is 26.1. The van der Waals surface area contributed by atoms with Crippen LogP contribution in [0.15, 0.2) is 149 Å². The first-order valence-corrected chi connectivity index (χ1v) is 16.6. The minimum absolute atomic E-state index is 0.625. The lowest BCUT2D eigenvalue weighted by Crippen LogP contribution is -2.46. The molecule has 228 valence electrons. The van der Waals surface area contributed by atoms with Crippen LogP contribution in [0.3, 0.4) is 0 Å². The fourth-order valence-corrected chi connectivity index (χ4v) is 6.69. The molecular formula is C41H40S4. The Hall–Kier alpha value is -3.28. The molecule has 2 atom stereocenters. The molecule has 0 heterocycles. The Morgan fingerprint density at radius 1 is 0.800 bits per heavy atom. The van der Waals surface area contributed by atoms with Gasteiger partial charge in [-0.2, -0.15) is 0 Å². The topological polar surface area (TPSA) is 0 Å². The van der Waals surface area contributed by atoms with Crippen molar-refractivity contribution in [1.29, 1.82) is 0 Å². The third kappa shape index (κ3) is 7.76. The van der Waals surface area contributed by atoms with Crippen LogP contribution in [0.1, 0.15) is 38.3 Å². The van der Waals surface area contributed by atoms with Crippen molar-refractivity contribution in [2.24, 2.45) is 5.41 Å². The fraction of sp³-hybridized carbons (Fsp3) is 0.146. The first-order valence-electron chi connectivity index (χ1n) is 14.9. The van der Waals surface area contributed by atoms with Crippen LogP contribution in [-0.4, -0.2) is 4.86 Å². The molecule has 0 saturated carbocycles. The number of hydrogen-bond acceptors (Lipinski definition) is 4. The molecule has 0 aromatic heterocycles. The Bertz CT molecular complexity index is 1880. The minimum Gasteiger partial charge on any atom is -0.143 e. The van der Waals surface area contributed by atoms with Crippen molar-refractivity contribution < 1.29 is 0 Å². The van der Waals surface area contributed by atoms with Crippen LogP contribution >= 0.6 is 50.1 Å². The summed E-state index contributed by atoms with van der Waals surface area (Å²) < 4.78 is 0. The molecule has 0 amide bonds. The summed E-state index contributed by atoms with van der Waals surface area (Å²) in [5.41, 5.74) is 3.93. The lowest BCUT2D eigenvalue weighted by molar-refractivity contribution is 0.404. The molecular weight excluding hydrogens is 621 g/mol. The van der Waals surface area contributed by atoms with E-state index in [9.17, 15) is 0 Å². The van der Waals surface area contributed by atoms with Crippen molar-refractivity contribution in [2.45, 2.75) is 47.3 Å². The summed E-state index contributed by atoms with van der Waals surface area (Å²) in [5.74, 6) is 0. The number of hydrogen-bond donors (Lipinski definition) is 3. The predicted molar refractivity (Wildman–Crippen MR) is 211 cm³/mol. The van der Waals surface area contributed by atoms with Crippen LogP contribution in [-0.2, 0) is 5.41 Å². The average molecular weight is 661 g/mol. The monoisotopic (exact) mass is 660 g/mol. The summed E-state index contributed by atoms with van der Waals surface area (Å²) in [4.78, 5) is 3.47. The fourth-order valence-electron chi connectivity index (χ4n) is 5.57. The Balaban J connectivity index is 2.06. The van der Waals surface area contributed by atoms with Gasteiger partial charge in [-0.25, -0.2) is 0 Å². The molecule has 0 aliphatic carbocycles. The molecule has 0 N–H and O–H groups in total. The van der Waals surface area contributed by atoms with Gasteiger partial charge in [0.2, 0.25) is 0 Å². The Morgan fingerprint density at radius 3 is 2.00 bits per heavy atom. The van der Waals surface area contributed by atoms with E-state index in [0.29, 0.717) is 0 Å². The van der Waals surface area contributed by atoms with E-state index in [-0.39, 0.29) is 0 Å². The van der Waals surface area contributed by atoms with Crippen molar-refractivity contribution in [3.8, 4) is 11.1 Å². The maximum Gasteiger partial charge on any atom is 0.0411 e. The molecule has 0 saturated heterocycles. The second-order valence-electron chi connectivity index (χ2n) is 11.4. The van der Waals surface area contributed by atoms with Crippen LogP contribution < -0.4 is 10.4 Å². The van der Waals surface area contributed by atoms with Crippen molar-refractivity contribution in [1.82, 2.24) is 0 Å². The molecule has 0 aliphatic heterocycles. The normalized spacial score (nSPS) is 15.5. The minimum atomic E-state index is -0.734. The van der Waals surface area contributed by atoms with E-state index in [1.165, 1.54) is 0 Å². The molecule has 45 heavy (non-hydrogen) atoms. The van der Waals surface area contributed by atoms with E-state index < -0.39 is 10.8 Å². The highest BCUT2D eigenvalue weighted by molar-refractivity contribution is 7.81. The van der Waals surface area contributed by atoms with Crippen LogP contribution in [0.4, 0.5) is 0 Å². The van der Waals surface area contributed by atoms with Gasteiger partial charge in [0.05, 0.1) is 0 Å². The second kappa shape index (κ2) is 15.3. The van der Waals surface area contributed by atoms with Gasteiger partial charge in [-0.3, -0.25) is 0 Å². The van der Waals surface area contributed by atoms with Gasteiger partial charge in [0.1, 0.15) is 0 Å². The first kappa shape index (κ1) is 34.6. The van der Waals surface area contributed by atoms with Gasteiger partial charge in [-0.15, -0.1) is 51.0 Å². The third-order valence-electron chi connectivity index (χ3n) is 8.52. The van der Waals surface area contributed by atoms with E-state index in [1.54, 1.807) is 0 Å². The van der Waals surface area contributed by atoms with Crippen LogP contribution in [0.25, 0.3) is 28.9 Å². The largest absolute Gasteiger partial charge is 0.143 e. The predicted octanol–water partition coefficient (Wildman–Crippen LogP) is 10.5. The first-order chi connectivity index (χ1) is 21.6. The van der Waals surface area contributed by atoms with Gasteiger partial charge < -0.3 is 0 Å². The number of thiol groups is 3. The van der Waals surface area contributed by atoms with Crippen LogP contribution in [0.5, 0.6) is 0 Å². The van der Waals surface area contributed by atoms with E-state index >= 15 is 0 Å². The SMILES string of the molecule is C=CC/C=c1/cccc/c1=C/C(C)(C=C)C(C)(C(=S)/C=C(\C=C/C)c1ccc(S)cc1)c1cc(-c2ccc(S)cc2)ccc1S. The molecule has 4 heteroatoms. The van der Waals surface area contributed by atoms with E-state index in [0.717, 1.165) is 64.2 Å². The van der Waals surface area contributed by atoms with Gasteiger partial charge in [-0.1, -0.05) is 110 Å². The summed E-state index contributed by atoms with van der Waals surface area (Å²) in [5, 5.41) is 2.25. The summed E-state index contributed by atoms with van der Waals surface area (Å²) in [7, 11) is 0. The zero-order valence-corrected chi connectivity index (χ0v) is 29.6. The molecule has 2 unspecified atom stereocenters. The highest BCUT2D eigenvalue weighted by Gasteiger charge is 2.46. The van der Waals surface area contributed by atoms with Crippen LogP contribution in [0.2, 0.25) is 0 Å². The molecule has 4 rings (SSSR count). The van der Waals surface area contributed by atoms with Gasteiger partial charge in [0.25, 0.3) is 0 Å². The van der Waals surface area contributed by atoms with Crippen molar-refractivity contribution in [3.63, 3.8) is 0 Å². The quantitative estimate of drug-likeness (QED) is 0.0473. The molecule has 4 aromatic carbocycles. The molecule has 0 spiro atoms. The number of benzene rings is 4. The molecule has 4 aromatic rings. The number of thiocarbonyl (C=S) groups is 1. The average Bonchev–Trinajstić information content (AvgIpc) is 3.04. The zero-order chi connectivity index (χ0) is 32.6. The third-order valence-corrected chi connectivity index (χ3v) is 10.0. The highest BCUT2D eigenvalue weighted by atomic mass is 32.1. The lowest BCUT2D eigenvalue weighted by atomic mass is 9.59. The highest BCUT2D eigenvalue weighted by Crippen LogP contribution is 2.49. The molecule has 0 radical (unpaired) electrons. The standard InChI is InChI=1S/C41H40S4/c1-6-9-13-29-14-10-11-15-34(29)28-40(4,8-3)41(5,39(45)27-32(12-7-2)30-16-21-35(42)22-17-30)37-26-33(20-25-38(37)44)31-18-23-36(43)24-19-31/h6-8,10-28,42-44H,1,3,9H2,2,4-5H3/b12-7-,29-13-,32-27+,34-28-. The van der Waals surface area contributed by atoms with Gasteiger partial charge >= 0.3 is 0 Å². The summed E-state index contributed by atoms with van der Waals surface area (Å²) >= 11 is 20.6.